The van der Waals surface area contributed by atoms with Crippen LogP contribution in [0.2, 0.25) is 0 Å². The predicted molar refractivity (Wildman–Crippen MR) is 34.1 cm³/mol. The number of hydrogen-bond acceptors (Lipinski definition) is 2. The van der Waals surface area contributed by atoms with E-state index < -0.39 is 0 Å². The van der Waals surface area contributed by atoms with Gasteiger partial charge in [-0.3, -0.25) is 0 Å². The normalized spacial score (nSPS) is 9.43. The van der Waals surface area contributed by atoms with Gasteiger partial charge in [-0.25, -0.2) is 0 Å². The highest BCUT2D eigenvalue weighted by Gasteiger charge is 1.80. The van der Waals surface area contributed by atoms with Crippen molar-refractivity contribution in [1.29, 1.82) is 0 Å². The van der Waals surface area contributed by atoms with E-state index in [9.17, 15) is 0 Å². The summed E-state index contributed by atoms with van der Waals surface area (Å²) >= 11 is 0. The van der Waals surface area contributed by atoms with Crippen LogP contribution in [0.1, 0.15) is 14.3 Å². The molecule has 0 saturated heterocycles. The van der Waals surface area contributed by atoms with Crippen molar-refractivity contribution >= 4 is 9.47 Å². The maximum absolute atomic E-state index is 8.23. The third-order valence-electron chi connectivity index (χ3n) is 0.670. The van der Waals surface area contributed by atoms with Crippen molar-refractivity contribution in [3.8, 4) is 0 Å². The molecule has 0 rings (SSSR count). The predicted octanol–water partition coefficient (Wildman–Crippen LogP) is 0.812. The zero-order chi connectivity index (χ0) is 5.54. The van der Waals surface area contributed by atoms with Crippen molar-refractivity contribution in [2.45, 2.75) is 12.8 Å². The summed E-state index contributed by atoms with van der Waals surface area (Å²) in [6.45, 7) is 0.999. The zero-order valence-corrected chi connectivity index (χ0v) is 5.42. The van der Waals surface area contributed by atoms with Gasteiger partial charge in [0.25, 0.3) is 0 Å². The second-order valence-electron chi connectivity index (χ2n) is 1.30. The van der Waals surface area contributed by atoms with Gasteiger partial charge >= 0.3 is 0 Å². The molecule has 0 fully saturated rings. The molecule has 0 bridgehead atoms. The lowest BCUT2D eigenvalue weighted by molar-refractivity contribution is 0.265. The Bertz CT molecular complexity index is 33.2. The minimum Gasteiger partial charge on any atom is -0.396 e. The van der Waals surface area contributed by atoms with E-state index in [4.69, 9.17) is 5.11 Å². The molecule has 1 N–H and O–H groups in total. The van der Waals surface area contributed by atoms with E-state index in [1.54, 1.807) is 0 Å². The quantitative estimate of drug-likeness (QED) is 0.446. The fraction of sp³-hybridized carbons (Fsp3) is 1.00. The average molecular weight is 126 g/mol. The van der Waals surface area contributed by atoms with E-state index >= 15 is 0 Å². The molecule has 7 heavy (non-hydrogen) atoms. The Morgan fingerprint density at radius 3 is 2.71 bits per heavy atom. The van der Waals surface area contributed by atoms with Crippen LogP contribution in [0.15, 0.2) is 0 Å². The zero-order valence-electron chi connectivity index (χ0n) is 4.26. The summed E-state index contributed by atoms with van der Waals surface area (Å²) in [7, 11) is 2.17. The monoisotopic (exact) mass is 126 g/mol. The molecule has 3 heteroatoms. The molecule has 0 aliphatic rings. The molecule has 0 spiro atoms. The van der Waals surface area contributed by atoms with Crippen molar-refractivity contribution in [2.24, 2.45) is 0 Å². The molecule has 0 aliphatic heterocycles. The Morgan fingerprint density at radius 2 is 2.29 bits per heavy atom. The van der Waals surface area contributed by atoms with Crippen LogP contribution >= 0.6 is 9.47 Å². The van der Waals surface area contributed by atoms with Crippen LogP contribution in [0.25, 0.3) is 0 Å². The summed E-state index contributed by atoms with van der Waals surface area (Å²) in [5, 5.41) is 8.23. The maximum Gasteiger partial charge on any atom is 0.0502 e. The largest absolute Gasteiger partial charge is 0.396 e. The highest BCUT2D eigenvalue weighted by molar-refractivity contribution is 7.09. The summed E-state index contributed by atoms with van der Waals surface area (Å²) in [6, 6.07) is 0. The van der Waals surface area contributed by atoms with Gasteiger partial charge in [0.1, 0.15) is 0 Å². The number of unbranched alkanes of at least 4 members (excludes halogenated alkanes) is 1. The summed E-state index contributed by atoms with van der Waals surface area (Å²) in [6.07, 6.45) is 1.79. The first-order chi connectivity index (χ1) is 3.41. The van der Waals surface area contributed by atoms with Crippen LogP contribution in [-0.2, 0) is 4.52 Å². The van der Waals surface area contributed by atoms with Crippen molar-refractivity contribution < 1.29 is 11.1 Å². The number of hydrogen-bond donors (Lipinski definition) is 1. The molecule has 0 aliphatic carbocycles. The van der Waals surface area contributed by atoms with Crippen molar-refractivity contribution in [3.05, 3.63) is 0 Å². The molecule has 1 unspecified atom stereocenters. The molecule has 0 heterocycles. The van der Waals surface area contributed by atoms with E-state index in [0.717, 1.165) is 19.4 Å². The Kier molecular flexibility index (Phi) is 6.67. The number of aliphatic hydroxyl groups excluding tert-OH is 1. The van der Waals surface area contributed by atoms with Gasteiger partial charge in [-0.15, -0.1) is 0 Å². The Balaban J connectivity index is 0. The average Bonchev–Trinajstić information content (AvgIpc) is 1.69. The van der Waals surface area contributed by atoms with E-state index in [-0.39, 0.29) is 8.03 Å². The summed E-state index contributed by atoms with van der Waals surface area (Å²) < 4.78 is 4.65. The van der Waals surface area contributed by atoms with E-state index in [1.807, 2.05) is 0 Å². The molecule has 46 valence electrons. The third-order valence-corrected chi connectivity index (χ3v) is 0.906. The second kappa shape index (κ2) is 6.35. The van der Waals surface area contributed by atoms with Crippen LogP contribution in [0.5, 0.6) is 0 Å². The van der Waals surface area contributed by atoms with E-state index in [0.29, 0.717) is 0 Å². The Hall–Kier alpha value is 0.350. The summed E-state index contributed by atoms with van der Waals surface area (Å²) in [5.41, 5.74) is 0. The standard InChI is InChI=1S/C4H11O2P.H2/c5-3-1-2-4-6-7;/h5H,1-4,7H2;1H/i;1+2. The van der Waals surface area contributed by atoms with Gasteiger partial charge in [0.2, 0.25) is 0 Å². The first kappa shape index (κ1) is 7.35. The lowest BCUT2D eigenvalue weighted by atomic mass is 10.3. The van der Waals surface area contributed by atoms with Crippen molar-refractivity contribution in [3.63, 3.8) is 0 Å². The van der Waals surface area contributed by atoms with Gasteiger partial charge in [-0.05, 0) is 12.8 Å². The third kappa shape index (κ3) is 6.35. The number of aliphatic hydroxyl groups is 1. The van der Waals surface area contributed by atoms with Gasteiger partial charge < -0.3 is 9.63 Å². The molecule has 0 aromatic heterocycles. The van der Waals surface area contributed by atoms with Crippen molar-refractivity contribution in [2.75, 3.05) is 13.2 Å². The molecule has 0 saturated carbocycles. The first-order valence-corrected chi connectivity index (χ1v) is 2.81. The SMILES string of the molecule is OCCCCOP.[3HH]. The fourth-order valence-corrected chi connectivity index (χ4v) is 0.464. The molecule has 0 aromatic rings. The smallest absolute Gasteiger partial charge is 0.0502 e. The molecule has 1 atom stereocenters. The minimum atomic E-state index is 0. The van der Waals surface area contributed by atoms with Crippen molar-refractivity contribution in [1.82, 2.24) is 0 Å². The van der Waals surface area contributed by atoms with Crippen LogP contribution in [0.4, 0.5) is 0 Å². The number of rotatable bonds is 4. The Morgan fingerprint density at radius 1 is 1.57 bits per heavy atom. The van der Waals surface area contributed by atoms with Gasteiger partial charge in [0, 0.05) is 17.5 Å². The van der Waals surface area contributed by atoms with E-state index in [2.05, 4.69) is 14.0 Å². The van der Waals surface area contributed by atoms with Gasteiger partial charge in [0.05, 0.1) is 6.61 Å². The highest BCUT2D eigenvalue weighted by atomic mass is 31.0. The molecule has 0 aromatic carbocycles. The second-order valence-corrected chi connectivity index (χ2v) is 1.63. The van der Waals surface area contributed by atoms with Crippen LogP contribution in [0, 0.1) is 0 Å². The molecule has 2 nitrogen and oxygen atoms in total. The Labute approximate surface area is 47.6 Å². The first-order valence-electron chi connectivity index (χ1n) is 2.34. The maximum atomic E-state index is 8.23. The molecule has 0 amide bonds. The summed E-state index contributed by atoms with van der Waals surface area (Å²) in [4.78, 5) is 0. The van der Waals surface area contributed by atoms with Crippen LogP contribution in [-0.4, -0.2) is 18.3 Å². The van der Waals surface area contributed by atoms with Gasteiger partial charge in [-0.2, -0.15) is 0 Å². The van der Waals surface area contributed by atoms with Gasteiger partial charge in [-0.1, -0.05) is 0 Å². The highest BCUT2D eigenvalue weighted by Crippen LogP contribution is 1.91. The van der Waals surface area contributed by atoms with Crippen LogP contribution < -0.4 is 0 Å². The molecule has 0 radical (unpaired) electrons. The lowest BCUT2D eigenvalue weighted by Crippen LogP contribution is -1.86. The lowest BCUT2D eigenvalue weighted by Gasteiger charge is -1.92. The molecular formula is C4H13O2P. The molecular weight excluding hydrogens is 111 g/mol. The fourth-order valence-electron chi connectivity index (χ4n) is 0.297. The minimum absolute atomic E-state index is 0. The van der Waals surface area contributed by atoms with E-state index in [1.165, 1.54) is 0 Å². The van der Waals surface area contributed by atoms with Gasteiger partial charge in [0.15, 0.2) is 0 Å². The van der Waals surface area contributed by atoms with Crippen LogP contribution in [0.3, 0.4) is 0 Å². The topological polar surface area (TPSA) is 29.5 Å². The summed E-state index contributed by atoms with van der Waals surface area (Å²) in [5.74, 6) is 0.